The minimum atomic E-state index is -0.848. The lowest BCUT2D eigenvalue weighted by molar-refractivity contribution is -0.137. The van der Waals surface area contributed by atoms with E-state index in [-0.39, 0.29) is 12.5 Å². The van der Waals surface area contributed by atoms with E-state index in [1.165, 1.54) is 0 Å². The van der Waals surface area contributed by atoms with Crippen LogP contribution < -0.4 is 10.6 Å². The lowest BCUT2D eigenvalue weighted by atomic mass is 10.3. The molecule has 0 atom stereocenters. The fourth-order valence-electron chi connectivity index (χ4n) is 0.783. The maximum Gasteiger partial charge on any atom is 0.318 e. The Morgan fingerprint density at radius 3 is 2.60 bits per heavy atom. The maximum atomic E-state index is 11.1. The molecule has 0 unspecified atom stereocenters. The lowest BCUT2D eigenvalue weighted by Crippen LogP contribution is -2.33. The highest BCUT2D eigenvalue weighted by Gasteiger charge is 1.99. The van der Waals surface area contributed by atoms with Crippen molar-refractivity contribution in [3.05, 3.63) is 11.8 Å². The summed E-state index contributed by atoms with van der Waals surface area (Å²) in [5, 5.41) is 13.5. The van der Waals surface area contributed by atoms with Gasteiger partial charge in [0.25, 0.3) is 0 Å². The molecule has 15 heavy (non-hydrogen) atoms. The summed E-state index contributed by atoms with van der Waals surface area (Å²) in [5.41, 5.74) is 1.08. The van der Waals surface area contributed by atoms with E-state index in [1.54, 1.807) is 6.20 Å². The van der Waals surface area contributed by atoms with E-state index in [0.29, 0.717) is 13.0 Å². The second-order valence-electron chi connectivity index (χ2n) is 3.24. The molecule has 0 aromatic carbocycles. The van der Waals surface area contributed by atoms with Gasteiger partial charge in [0.1, 0.15) is 0 Å². The number of aliphatic carboxylic acids is 1. The van der Waals surface area contributed by atoms with Gasteiger partial charge >= 0.3 is 12.0 Å². The van der Waals surface area contributed by atoms with Crippen LogP contribution in [0.2, 0.25) is 0 Å². The van der Waals surface area contributed by atoms with Gasteiger partial charge in [-0.1, -0.05) is 12.5 Å². The number of amides is 2. The van der Waals surface area contributed by atoms with Gasteiger partial charge in [0.15, 0.2) is 0 Å². The molecule has 0 aliphatic carbocycles. The van der Waals surface area contributed by atoms with E-state index in [4.69, 9.17) is 5.11 Å². The van der Waals surface area contributed by atoms with Crippen molar-refractivity contribution >= 4 is 12.0 Å². The Morgan fingerprint density at radius 1 is 1.40 bits per heavy atom. The van der Waals surface area contributed by atoms with Crippen LogP contribution in [0, 0.1) is 0 Å². The molecule has 0 saturated carbocycles. The third kappa shape index (κ3) is 8.80. The Labute approximate surface area is 89.6 Å². The minimum absolute atomic E-state index is 0.0735. The number of carbonyl (C=O) groups is 2. The zero-order valence-electron chi connectivity index (χ0n) is 9.17. The Hall–Kier alpha value is -1.52. The van der Waals surface area contributed by atoms with E-state index in [0.717, 1.165) is 12.0 Å². The first-order chi connectivity index (χ1) is 7.06. The van der Waals surface area contributed by atoms with Gasteiger partial charge in [-0.2, -0.15) is 0 Å². The van der Waals surface area contributed by atoms with Crippen molar-refractivity contribution in [2.75, 3.05) is 6.54 Å². The molecule has 0 fully saturated rings. The first kappa shape index (κ1) is 13.5. The molecular formula is C10H18N2O3. The average Bonchev–Trinajstić information content (AvgIpc) is 2.20. The Morgan fingerprint density at radius 2 is 2.07 bits per heavy atom. The predicted molar refractivity (Wildman–Crippen MR) is 57.5 cm³/mol. The molecule has 0 heterocycles. The number of hydrogen-bond donors (Lipinski definition) is 3. The van der Waals surface area contributed by atoms with E-state index in [1.807, 2.05) is 13.8 Å². The molecular weight excluding hydrogens is 196 g/mol. The van der Waals surface area contributed by atoms with Crippen molar-refractivity contribution in [3.8, 4) is 0 Å². The SMILES string of the molecule is CC/C(C)=C/NC(=O)NCCCC(=O)O. The van der Waals surface area contributed by atoms with Gasteiger partial charge in [0, 0.05) is 19.2 Å². The highest BCUT2D eigenvalue weighted by Crippen LogP contribution is 1.94. The number of nitrogens with one attached hydrogen (secondary N) is 2. The molecule has 0 spiro atoms. The third-order valence-electron chi connectivity index (χ3n) is 1.86. The van der Waals surface area contributed by atoms with Gasteiger partial charge in [-0.15, -0.1) is 0 Å². The van der Waals surface area contributed by atoms with E-state index in [2.05, 4.69) is 10.6 Å². The lowest BCUT2D eigenvalue weighted by Gasteiger charge is -2.04. The van der Waals surface area contributed by atoms with Crippen LogP contribution in [0.3, 0.4) is 0 Å². The third-order valence-corrected chi connectivity index (χ3v) is 1.86. The molecule has 5 nitrogen and oxygen atoms in total. The van der Waals surface area contributed by atoms with E-state index < -0.39 is 5.97 Å². The van der Waals surface area contributed by atoms with Gasteiger partial charge in [0.05, 0.1) is 0 Å². The molecule has 0 saturated heterocycles. The van der Waals surface area contributed by atoms with Crippen LogP contribution in [0.1, 0.15) is 33.1 Å². The smallest absolute Gasteiger partial charge is 0.318 e. The van der Waals surface area contributed by atoms with Crippen LogP contribution in [-0.2, 0) is 4.79 Å². The van der Waals surface area contributed by atoms with Crippen molar-refractivity contribution in [1.82, 2.24) is 10.6 Å². The number of allylic oxidation sites excluding steroid dienone is 1. The topological polar surface area (TPSA) is 78.4 Å². The summed E-state index contributed by atoms with van der Waals surface area (Å²) >= 11 is 0. The first-order valence-electron chi connectivity index (χ1n) is 4.98. The largest absolute Gasteiger partial charge is 0.481 e. The molecule has 0 radical (unpaired) electrons. The molecule has 86 valence electrons. The summed E-state index contributed by atoms with van der Waals surface area (Å²) in [4.78, 5) is 21.3. The normalized spacial score (nSPS) is 10.9. The van der Waals surface area contributed by atoms with Gasteiger partial charge in [-0.05, 0) is 19.8 Å². The Balaban J connectivity index is 3.54. The van der Waals surface area contributed by atoms with Crippen LogP contribution in [0.5, 0.6) is 0 Å². The maximum absolute atomic E-state index is 11.1. The monoisotopic (exact) mass is 214 g/mol. The first-order valence-corrected chi connectivity index (χ1v) is 4.98. The highest BCUT2D eigenvalue weighted by molar-refractivity contribution is 5.75. The highest BCUT2D eigenvalue weighted by atomic mass is 16.4. The number of urea groups is 1. The number of carboxylic acid groups (broad SMARTS) is 1. The molecule has 0 aliphatic rings. The van der Waals surface area contributed by atoms with Crippen LogP contribution in [0.25, 0.3) is 0 Å². The van der Waals surface area contributed by atoms with Crippen molar-refractivity contribution in [1.29, 1.82) is 0 Å². The quantitative estimate of drug-likeness (QED) is 0.586. The number of carbonyl (C=O) groups excluding carboxylic acids is 1. The van der Waals surface area contributed by atoms with Gasteiger partial charge in [0.2, 0.25) is 0 Å². The molecule has 5 heteroatoms. The predicted octanol–water partition coefficient (Wildman–Crippen LogP) is 1.46. The van der Waals surface area contributed by atoms with Gasteiger partial charge in [-0.25, -0.2) is 4.79 Å². The fraction of sp³-hybridized carbons (Fsp3) is 0.600. The number of rotatable bonds is 6. The summed E-state index contributed by atoms with van der Waals surface area (Å²) in [6.07, 6.45) is 3.05. The minimum Gasteiger partial charge on any atom is -0.481 e. The summed E-state index contributed by atoms with van der Waals surface area (Å²) in [6.45, 7) is 4.29. The zero-order valence-corrected chi connectivity index (χ0v) is 9.17. The second kappa shape index (κ2) is 7.84. The van der Waals surface area contributed by atoms with Crippen LogP contribution in [-0.4, -0.2) is 23.7 Å². The molecule has 3 N–H and O–H groups in total. The standard InChI is InChI=1S/C10H18N2O3/c1-3-8(2)7-12-10(15)11-6-4-5-9(13)14/h7H,3-6H2,1-2H3,(H,13,14)(H2,11,12,15)/b8-7+. The second-order valence-corrected chi connectivity index (χ2v) is 3.24. The Bertz CT molecular complexity index is 249. The zero-order chi connectivity index (χ0) is 11.7. The summed E-state index contributed by atoms with van der Waals surface area (Å²) < 4.78 is 0. The molecule has 0 aliphatic heterocycles. The fourth-order valence-corrected chi connectivity index (χ4v) is 0.783. The molecule has 0 bridgehead atoms. The Kier molecular flexibility index (Phi) is 7.05. The van der Waals surface area contributed by atoms with Crippen molar-refractivity contribution in [2.24, 2.45) is 0 Å². The molecule has 2 amide bonds. The van der Waals surface area contributed by atoms with Crippen molar-refractivity contribution in [2.45, 2.75) is 33.1 Å². The molecule has 0 rings (SSSR count). The molecule has 0 aromatic heterocycles. The van der Waals surface area contributed by atoms with Gasteiger partial charge < -0.3 is 15.7 Å². The van der Waals surface area contributed by atoms with E-state index in [9.17, 15) is 9.59 Å². The number of hydrogen-bond acceptors (Lipinski definition) is 2. The van der Waals surface area contributed by atoms with Crippen LogP contribution in [0.15, 0.2) is 11.8 Å². The summed E-state index contributed by atoms with van der Waals surface area (Å²) in [6, 6.07) is -0.298. The average molecular weight is 214 g/mol. The summed E-state index contributed by atoms with van der Waals surface area (Å²) in [7, 11) is 0. The molecule has 0 aromatic rings. The van der Waals surface area contributed by atoms with E-state index >= 15 is 0 Å². The van der Waals surface area contributed by atoms with Crippen LogP contribution >= 0.6 is 0 Å². The van der Waals surface area contributed by atoms with Crippen molar-refractivity contribution < 1.29 is 14.7 Å². The number of carboxylic acids is 1. The van der Waals surface area contributed by atoms with Crippen molar-refractivity contribution in [3.63, 3.8) is 0 Å². The summed E-state index contributed by atoms with van der Waals surface area (Å²) in [5.74, 6) is -0.848. The van der Waals surface area contributed by atoms with Crippen LogP contribution in [0.4, 0.5) is 4.79 Å². The van der Waals surface area contributed by atoms with Gasteiger partial charge in [-0.3, -0.25) is 4.79 Å².